The number of nitrogens with zero attached hydrogens (tertiary/aromatic N) is 1. The van der Waals surface area contributed by atoms with Crippen LogP contribution in [0.1, 0.15) is 42.6 Å². The third-order valence-electron chi connectivity index (χ3n) is 3.61. The summed E-state index contributed by atoms with van der Waals surface area (Å²) in [6.45, 7) is 4.09. The molecule has 0 bridgehead atoms. The van der Waals surface area contributed by atoms with Crippen LogP contribution in [0.2, 0.25) is 0 Å². The van der Waals surface area contributed by atoms with Gasteiger partial charge in [0.25, 0.3) is 5.91 Å². The fraction of sp³-hybridized carbons (Fsp3) is 0.278. The molecule has 2 aliphatic rings. The normalized spacial score (nSPS) is 17.1. The number of rotatable bonds is 1. The van der Waals surface area contributed by atoms with E-state index >= 15 is 0 Å². The summed E-state index contributed by atoms with van der Waals surface area (Å²) in [4.78, 5) is 14.7. The average molecular weight is 263 g/mol. The Kier molecular flexibility index (Phi) is 3.20. The van der Waals surface area contributed by atoms with Crippen LogP contribution in [0.5, 0.6) is 0 Å². The van der Waals surface area contributed by atoms with E-state index in [1.54, 1.807) is 0 Å². The molecular weight excluding hydrogens is 246 g/mol. The Labute approximate surface area is 119 Å². The van der Waals surface area contributed by atoms with Crippen LogP contribution in [-0.4, -0.2) is 16.8 Å². The van der Waals surface area contributed by atoms with E-state index in [1.165, 1.54) is 0 Å². The first-order valence-electron chi connectivity index (χ1n) is 7.04. The van der Waals surface area contributed by atoms with Gasteiger partial charge in [0.05, 0.1) is 11.3 Å². The molecule has 0 aromatic heterocycles. The maximum absolute atomic E-state index is 12.9. The van der Waals surface area contributed by atoms with Crippen molar-refractivity contribution in [1.82, 2.24) is 4.90 Å². The standard InChI is InChI=1S/C18H17NO/c1-13(2)19-17-10-6-4-8-15(17)12-11-14-7-3-5-9-16(14)18(19)20/h3,5,7-10,13H,4,6H2,1-2H3. The number of fused-ring (bicyclic) bond motifs is 2. The highest BCUT2D eigenvalue weighted by molar-refractivity contribution is 5.99. The minimum atomic E-state index is 0.0450. The fourth-order valence-corrected chi connectivity index (χ4v) is 2.67. The number of hydrogen-bond acceptors (Lipinski definition) is 1. The lowest BCUT2D eigenvalue weighted by molar-refractivity contribution is 0.0771. The maximum atomic E-state index is 12.9. The number of hydrogen-bond donors (Lipinski definition) is 0. The highest BCUT2D eigenvalue weighted by Crippen LogP contribution is 2.28. The summed E-state index contributed by atoms with van der Waals surface area (Å²) in [7, 11) is 0. The molecule has 3 rings (SSSR count). The Balaban J connectivity index is 2.23. The van der Waals surface area contributed by atoms with Gasteiger partial charge in [0.15, 0.2) is 0 Å². The predicted molar refractivity (Wildman–Crippen MR) is 80.0 cm³/mol. The van der Waals surface area contributed by atoms with Crippen LogP contribution in [0.3, 0.4) is 0 Å². The number of carbonyl (C=O) groups is 1. The number of benzene rings is 1. The number of carbonyl (C=O) groups excluding carboxylic acids is 1. The van der Waals surface area contributed by atoms with E-state index in [1.807, 2.05) is 43.0 Å². The van der Waals surface area contributed by atoms with Crippen molar-refractivity contribution in [1.29, 1.82) is 0 Å². The van der Waals surface area contributed by atoms with Crippen LogP contribution in [0.25, 0.3) is 0 Å². The second kappa shape index (κ2) is 5.02. The number of amides is 1. The molecule has 2 nitrogen and oxygen atoms in total. The zero-order valence-corrected chi connectivity index (χ0v) is 11.8. The van der Waals surface area contributed by atoms with Crippen molar-refractivity contribution in [3.05, 3.63) is 58.8 Å². The van der Waals surface area contributed by atoms with Crippen molar-refractivity contribution < 1.29 is 4.79 Å². The van der Waals surface area contributed by atoms with Gasteiger partial charge in [0.2, 0.25) is 0 Å². The highest BCUT2D eigenvalue weighted by Gasteiger charge is 2.27. The molecule has 0 saturated heterocycles. The molecule has 0 unspecified atom stereocenters. The Morgan fingerprint density at radius 2 is 1.85 bits per heavy atom. The molecule has 0 N–H and O–H groups in total. The quantitative estimate of drug-likeness (QED) is 0.710. The lowest BCUT2D eigenvalue weighted by Crippen LogP contribution is -2.38. The van der Waals surface area contributed by atoms with Crippen LogP contribution < -0.4 is 0 Å². The molecule has 1 heterocycles. The molecule has 0 radical (unpaired) electrons. The van der Waals surface area contributed by atoms with Gasteiger partial charge in [0, 0.05) is 17.2 Å². The summed E-state index contributed by atoms with van der Waals surface area (Å²) in [5.41, 5.74) is 3.46. The first-order valence-corrected chi connectivity index (χ1v) is 7.04. The summed E-state index contributed by atoms with van der Waals surface area (Å²) < 4.78 is 0. The van der Waals surface area contributed by atoms with Crippen molar-refractivity contribution in [2.24, 2.45) is 0 Å². The lowest BCUT2D eigenvalue weighted by Gasteiger charge is -2.32. The van der Waals surface area contributed by atoms with E-state index in [0.29, 0.717) is 5.56 Å². The van der Waals surface area contributed by atoms with E-state index in [2.05, 4.69) is 24.0 Å². The first kappa shape index (κ1) is 12.7. The summed E-state index contributed by atoms with van der Waals surface area (Å²) in [6.07, 6.45) is 6.24. The van der Waals surface area contributed by atoms with E-state index in [9.17, 15) is 4.79 Å². The molecule has 1 aromatic rings. The monoisotopic (exact) mass is 263 g/mol. The SMILES string of the molecule is CC(C)N1C(=O)c2ccccc2C#CC2=CCCC=C21. The molecule has 0 fully saturated rings. The fourth-order valence-electron chi connectivity index (χ4n) is 2.67. The van der Waals surface area contributed by atoms with E-state index in [-0.39, 0.29) is 11.9 Å². The summed E-state index contributed by atoms with van der Waals surface area (Å²) in [5, 5.41) is 0. The lowest BCUT2D eigenvalue weighted by atomic mass is 9.96. The van der Waals surface area contributed by atoms with E-state index in [4.69, 9.17) is 0 Å². The topological polar surface area (TPSA) is 20.3 Å². The van der Waals surface area contributed by atoms with Gasteiger partial charge in [-0.25, -0.2) is 0 Å². The van der Waals surface area contributed by atoms with Gasteiger partial charge in [-0.05, 0) is 38.8 Å². The van der Waals surface area contributed by atoms with Crippen LogP contribution in [0.15, 0.2) is 47.7 Å². The summed E-state index contributed by atoms with van der Waals surface area (Å²) in [5.74, 6) is 6.43. The smallest absolute Gasteiger partial charge is 0.259 e. The van der Waals surface area contributed by atoms with Crippen molar-refractivity contribution >= 4 is 5.91 Å². The molecule has 0 atom stereocenters. The molecule has 100 valence electrons. The second-order valence-electron chi connectivity index (χ2n) is 5.35. The van der Waals surface area contributed by atoms with Crippen LogP contribution in [-0.2, 0) is 0 Å². The van der Waals surface area contributed by atoms with Gasteiger partial charge in [-0.15, -0.1) is 0 Å². The van der Waals surface area contributed by atoms with Crippen molar-refractivity contribution in [3.63, 3.8) is 0 Å². The van der Waals surface area contributed by atoms with Crippen molar-refractivity contribution in [2.45, 2.75) is 32.7 Å². The van der Waals surface area contributed by atoms with Crippen LogP contribution >= 0.6 is 0 Å². The zero-order valence-electron chi connectivity index (χ0n) is 11.8. The molecule has 1 amide bonds. The van der Waals surface area contributed by atoms with Crippen LogP contribution in [0, 0.1) is 11.8 Å². The summed E-state index contributed by atoms with van der Waals surface area (Å²) in [6, 6.07) is 7.71. The molecule has 0 spiro atoms. The highest BCUT2D eigenvalue weighted by atomic mass is 16.2. The molecule has 20 heavy (non-hydrogen) atoms. The third-order valence-corrected chi connectivity index (χ3v) is 3.61. The van der Waals surface area contributed by atoms with Gasteiger partial charge in [-0.1, -0.05) is 36.1 Å². The molecule has 2 heteroatoms. The average Bonchev–Trinajstić information content (AvgIpc) is 2.45. The second-order valence-corrected chi connectivity index (χ2v) is 5.35. The number of allylic oxidation sites excluding steroid dienone is 3. The Bertz CT molecular complexity index is 683. The molecule has 1 aliphatic carbocycles. The van der Waals surface area contributed by atoms with Gasteiger partial charge >= 0.3 is 0 Å². The minimum Gasteiger partial charge on any atom is -0.305 e. The Morgan fingerprint density at radius 1 is 1.10 bits per heavy atom. The molecule has 0 saturated carbocycles. The maximum Gasteiger partial charge on any atom is 0.259 e. The van der Waals surface area contributed by atoms with Gasteiger partial charge in [-0.2, -0.15) is 0 Å². The van der Waals surface area contributed by atoms with Gasteiger partial charge in [-0.3, -0.25) is 4.79 Å². The summed E-state index contributed by atoms with van der Waals surface area (Å²) >= 11 is 0. The van der Waals surface area contributed by atoms with Crippen molar-refractivity contribution in [2.75, 3.05) is 0 Å². The molecular formula is C18H17NO. The third kappa shape index (κ3) is 2.06. The van der Waals surface area contributed by atoms with E-state index in [0.717, 1.165) is 29.7 Å². The Hall–Kier alpha value is -2.27. The van der Waals surface area contributed by atoms with Crippen molar-refractivity contribution in [3.8, 4) is 11.8 Å². The molecule has 1 aliphatic heterocycles. The first-order chi connectivity index (χ1) is 9.68. The van der Waals surface area contributed by atoms with Gasteiger partial charge in [0.1, 0.15) is 0 Å². The minimum absolute atomic E-state index is 0.0450. The van der Waals surface area contributed by atoms with E-state index < -0.39 is 0 Å². The Morgan fingerprint density at radius 3 is 2.65 bits per heavy atom. The predicted octanol–water partition coefficient (Wildman–Crippen LogP) is 3.51. The molecule has 1 aromatic carbocycles. The van der Waals surface area contributed by atoms with Gasteiger partial charge < -0.3 is 4.90 Å². The largest absolute Gasteiger partial charge is 0.305 e. The zero-order chi connectivity index (χ0) is 14.1. The van der Waals surface area contributed by atoms with Crippen LogP contribution in [0.4, 0.5) is 0 Å².